The molecule has 1 aliphatic carbocycles. The number of hydrogen-bond donors (Lipinski definition) is 1. The summed E-state index contributed by atoms with van der Waals surface area (Å²) in [6.45, 7) is 5.26. The van der Waals surface area contributed by atoms with E-state index in [0.717, 1.165) is 12.1 Å². The van der Waals surface area contributed by atoms with Crippen LogP contribution in [0.3, 0.4) is 0 Å². The summed E-state index contributed by atoms with van der Waals surface area (Å²) in [4.78, 5) is 14.5. The molecule has 1 aromatic carbocycles. The van der Waals surface area contributed by atoms with Crippen molar-refractivity contribution in [2.24, 2.45) is 11.7 Å². The molecular weight excluding hydrogens is 272 g/mol. The number of carbonyl (C=O) groups is 1. The summed E-state index contributed by atoms with van der Waals surface area (Å²) < 4.78 is 0. The van der Waals surface area contributed by atoms with Crippen LogP contribution in [0.5, 0.6) is 0 Å². The van der Waals surface area contributed by atoms with Crippen LogP contribution in [0.1, 0.15) is 50.1 Å². The van der Waals surface area contributed by atoms with E-state index in [1.807, 2.05) is 41.3 Å². The highest BCUT2D eigenvalue weighted by atomic mass is 16.2. The van der Waals surface area contributed by atoms with E-state index in [4.69, 9.17) is 5.73 Å². The molecule has 1 amide bonds. The van der Waals surface area contributed by atoms with Gasteiger partial charge in [0.2, 0.25) is 5.91 Å². The molecule has 0 bridgehead atoms. The van der Waals surface area contributed by atoms with E-state index >= 15 is 0 Å². The second-order valence-electron chi connectivity index (χ2n) is 6.31. The number of nitrogens with zero attached hydrogens (tertiary/aromatic N) is 1. The maximum Gasteiger partial charge on any atom is 0.224 e. The zero-order valence-corrected chi connectivity index (χ0v) is 13.4. The first-order valence-corrected chi connectivity index (χ1v) is 8.40. The van der Waals surface area contributed by atoms with Gasteiger partial charge in [0, 0.05) is 25.6 Å². The number of amides is 1. The maximum absolute atomic E-state index is 12.6. The fraction of sp³-hybridized carbons (Fsp3) is 0.526. The summed E-state index contributed by atoms with van der Waals surface area (Å²) in [7, 11) is 0. The molecular formula is C19H28N2O. The lowest BCUT2D eigenvalue weighted by Gasteiger charge is -2.30. The van der Waals surface area contributed by atoms with Gasteiger partial charge in [0.15, 0.2) is 0 Å². The lowest BCUT2D eigenvalue weighted by molar-refractivity contribution is -0.131. The number of benzene rings is 1. The van der Waals surface area contributed by atoms with Crippen molar-refractivity contribution in [2.45, 2.75) is 44.6 Å². The molecule has 2 N–H and O–H groups in total. The van der Waals surface area contributed by atoms with Gasteiger partial charge in [-0.3, -0.25) is 4.79 Å². The Kier molecular flexibility index (Phi) is 6.66. The smallest absolute Gasteiger partial charge is 0.224 e. The van der Waals surface area contributed by atoms with E-state index in [9.17, 15) is 4.79 Å². The minimum atomic E-state index is -0.229. The molecule has 0 saturated heterocycles. The van der Waals surface area contributed by atoms with Crippen LogP contribution >= 0.6 is 0 Å². The van der Waals surface area contributed by atoms with E-state index < -0.39 is 0 Å². The van der Waals surface area contributed by atoms with Crippen molar-refractivity contribution >= 4 is 5.91 Å². The Labute approximate surface area is 134 Å². The van der Waals surface area contributed by atoms with Gasteiger partial charge >= 0.3 is 0 Å². The average molecular weight is 300 g/mol. The Hall–Kier alpha value is -1.61. The number of rotatable bonds is 7. The fourth-order valence-electron chi connectivity index (χ4n) is 3.25. The molecule has 0 spiro atoms. The molecule has 3 heteroatoms. The van der Waals surface area contributed by atoms with Crippen LogP contribution in [0.25, 0.3) is 0 Å². The van der Waals surface area contributed by atoms with Crippen molar-refractivity contribution in [3.8, 4) is 0 Å². The summed E-state index contributed by atoms with van der Waals surface area (Å²) in [5.41, 5.74) is 7.21. The standard InChI is InChI=1S/C19H28N2O/c1-2-13-21(15-16-9-5-3-6-10-16)19(22)14-18(20)17-11-7-4-8-12-17/h2,4,7-8,11-12,16,18H,1,3,5-6,9-10,13-15,20H2. The summed E-state index contributed by atoms with van der Waals surface area (Å²) >= 11 is 0. The second-order valence-corrected chi connectivity index (χ2v) is 6.31. The van der Waals surface area contributed by atoms with Crippen LogP contribution in [-0.2, 0) is 4.79 Å². The third kappa shape index (κ3) is 4.99. The Morgan fingerprint density at radius 3 is 2.59 bits per heavy atom. The predicted molar refractivity (Wildman–Crippen MR) is 91.3 cm³/mol. The minimum Gasteiger partial charge on any atom is -0.339 e. The first-order valence-electron chi connectivity index (χ1n) is 8.40. The fourth-order valence-corrected chi connectivity index (χ4v) is 3.25. The van der Waals surface area contributed by atoms with E-state index in [2.05, 4.69) is 6.58 Å². The molecule has 0 aliphatic heterocycles. The van der Waals surface area contributed by atoms with Crippen LogP contribution in [-0.4, -0.2) is 23.9 Å². The van der Waals surface area contributed by atoms with Gasteiger partial charge in [0.05, 0.1) is 0 Å². The molecule has 1 atom stereocenters. The van der Waals surface area contributed by atoms with E-state index in [-0.39, 0.29) is 11.9 Å². The van der Waals surface area contributed by atoms with Gasteiger partial charge in [-0.15, -0.1) is 6.58 Å². The Morgan fingerprint density at radius 1 is 1.27 bits per heavy atom. The number of hydrogen-bond acceptors (Lipinski definition) is 2. The third-order valence-corrected chi connectivity index (χ3v) is 4.53. The van der Waals surface area contributed by atoms with Crippen molar-refractivity contribution in [1.29, 1.82) is 0 Å². The Morgan fingerprint density at radius 2 is 1.95 bits per heavy atom. The number of carbonyl (C=O) groups excluding carboxylic acids is 1. The monoisotopic (exact) mass is 300 g/mol. The normalized spacial score (nSPS) is 17.0. The molecule has 1 fully saturated rings. The molecule has 1 aliphatic rings. The van der Waals surface area contributed by atoms with Crippen LogP contribution in [0.2, 0.25) is 0 Å². The molecule has 1 saturated carbocycles. The topological polar surface area (TPSA) is 46.3 Å². The third-order valence-electron chi connectivity index (χ3n) is 4.53. The zero-order chi connectivity index (χ0) is 15.8. The van der Waals surface area contributed by atoms with Gasteiger partial charge in [0.25, 0.3) is 0 Å². The number of nitrogens with two attached hydrogens (primary N) is 1. The van der Waals surface area contributed by atoms with E-state index in [0.29, 0.717) is 18.9 Å². The van der Waals surface area contributed by atoms with Gasteiger partial charge in [-0.25, -0.2) is 0 Å². The molecule has 3 nitrogen and oxygen atoms in total. The summed E-state index contributed by atoms with van der Waals surface area (Å²) in [5.74, 6) is 0.785. The van der Waals surface area contributed by atoms with Crippen molar-refractivity contribution in [3.05, 3.63) is 48.6 Å². The SMILES string of the molecule is C=CCN(CC1CCCCC1)C(=O)CC(N)c1ccccc1. The summed E-state index contributed by atoms with van der Waals surface area (Å²) in [6.07, 6.45) is 8.59. The lowest BCUT2D eigenvalue weighted by atomic mass is 9.89. The molecule has 22 heavy (non-hydrogen) atoms. The maximum atomic E-state index is 12.6. The van der Waals surface area contributed by atoms with E-state index in [1.165, 1.54) is 32.1 Å². The molecule has 2 rings (SSSR count). The molecule has 1 unspecified atom stereocenters. The zero-order valence-electron chi connectivity index (χ0n) is 13.4. The van der Waals surface area contributed by atoms with Crippen molar-refractivity contribution in [1.82, 2.24) is 4.90 Å². The van der Waals surface area contributed by atoms with Gasteiger partial charge < -0.3 is 10.6 Å². The Balaban J connectivity index is 1.92. The van der Waals surface area contributed by atoms with Crippen LogP contribution < -0.4 is 5.73 Å². The van der Waals surface area contributed by atoms with Crippen LogP contribution in [0.4, 0.5) is 0 Å². The highest BCUT2D eigenvalue weighted by molar-refractivity contribution is 5.77. The summed E-state index contributed by atoms with van der Waals surface area (Å²) in [6, 6.07) is 9.62. The molecule has 1 aromatic rings. The van der Waals surface area contributed by atoms with Gasteiger partial charge in [-0.1, -0.05) is 55.7 Å². The van der Waals surface area contributed by atoms with E-state index in [1.54, 1.807) is 0 Å². The largest absolute Gasteiger partial charge is 0.339 e. The van der Waals surface area contributed by atoms with Gasteiger partial charge in [-0.2, -0.15) is 0 Å². The lowest BCUT2D eigenvalue weighted by Crippen LogP contribution is -2.37. The van der Waals surface area contributed by atoms with Crippen LogP contribution in [0, 0.1) is 5.92 Å². The van der Waals surface area contributed by atoms with Crippen molar-refractivity contribution < 1.29 is 4.79 Å². The van der Waals surface area contributed by atoms with Gasteiger partial charge in [0.1, 0.15) is 0 Å². The first kappa shape index (κ1) is 16.8. The molecule has 0 radical (unpaired) electrons. The first-order chi connectivity index (χ1) is 10.7. The summed E-state index contributed by atoms with van der Waals surface area (Å²) in [5, 5.41) is 0. The predicted octanol–water partition coefficient (Wildman–Crippen LogP) is 3.67. The molecule has 0 aromatic heterocycles. The Bertz CT molecular complexity index is 466. The molecule has 0 heterocycles. The second kappa shape index (κ2) is 8.74. The minimum absolute atomic E-state index is 0.141. The highest BCUT2D eigenvalue weighted by Gasteiger charge is 2.22. The van der Waals surface area contributed by atoms with Gasteiger partial charge in [-0.05, 0) is 24.3 Å². The molecule has 120 valence electrons. The quantitative estimate of drug-likeness (QED) is 0.781. The average Bonchev–Trinajstić information content (AvgIpc) is 2.56. The van der Waals surface area contributed by atoms with Crippen molar-refractivity contribution in [2.75, 3.05) is 13.1 Å². The van der Waals surface area contributed by atoms with Crippen molar-refractivity contribution in [3.63, 3.8) is 0 Å². The highest BCUT2D eigenvalue weighted by Crippen LogP contribution is 2.25. The van der Waals surface area contributed by atoms with Crippen LogP contribution in [0.15, 0.2) is 43.0 Å².